The lowest BCUT2D eigenvalue weighted by atomic mass is 9.86. The smallest absolute Gasteiger partial charge is 0.206 e. The van der Waals surface area contributed by atoms with E-state index in [-0.39, 0.29) is 10.6 Å². The lowest BCUT2D eigenvalue weighted by molar-refractivity contribution is 0.312. The van der Waals surface area contributed by atoms with E-state index in [1.807, 2.05) is 20.8 Å². The van der Waals surface area contributed by atoms with Crippen molar-refractivity contribution in [2.45, 2.75) is 177 Å². The highest BCUT2D eigenvalue weighted by atomic mass is 31.2. The maximum atomic E-state index is 12.9. The van der Waals surface area contributed by atoms with Gasteiger partial charge in [0.15, 0.2) is 0 Å². The van der Waals surface area contributed by atoms with Gasteiger partial charge in [-0.1, -0.05) is 128 Å². The van der Waals surface area contributed by atoms with E-state index in [1.165, 1.54) is 12.8 Å². The zero-order chi connectivity index (χ0) is 30.3. The molecule has 0 rings (SSSR count). The molecule has 0 bridgehead atoms. The van der Waals surface area contributed by atoms with Crippen molar-refractivity contribution in [3.63, 3.8) is 0 Å². The van der Waals surface area contributed by atoms with Crippen LogP contribution in [0.25, 0.3) is 0 Å². The molecule has 0 aliphatic carbocycles. The lowest BCUT2D eigenvalue weighted by Crippen LogP contribution is -2.27. The van der Waals surface area contributed by atoms with E-state index in [4.69, 9.17) is 0 Å². The van der Waals surface area contributed by atoms with Gasteiger partial charge in [0.25, 0.3) is 0 Å². The summed E-state index contributed by atoms with van der Waals surface area (Å²) in [7, 11) is -6.14. The molecule has 0 radical (unpaired) electrons. The first-order valence-electron chi connectivity index (χ1n) is 16.0. The molecule has 0 saturated carbocycles. The highest BCUT2D eigenvalue weighted by Gasteiger charge is 2.43. The number of rotatable bonds is 19. The lowest BCUT2D eigenvalue weighted by Gasteiger charge is -2.36. The molecular formula is C32H70O4P2. The summed E-state index contributed by atoms with van der Waals surface area (Å²) in [5.41, 5.74) is 0.228. The van der Waals surface area contributed by atoms with Crippen molar-refractivity contribution in [2.75, 3.05) is 12.3 Å². The van der Waals surface area contributed by atoms with Crippen LogP contribution in [0.2, 0.25) is 0 Å². The van der Waals surface area contributed by atoms with Crippen LogP contribution in [-0.2, 0) is 9.13 Å². The molecule has 38 heavy (non-hydrogen) atoms. The quantitative estimate of drug-likeness (QED) is 0.149. The Morgan fingerprint density at radius 3 is 1.37 bits per heavy atom. The molecule has 0 saturated heterocycles. The molecule has 0 fully saturated rings. The summed E-state index contributed by atoms with van der Waals surface area (Å²) in [5.74, 6) is 0.728. The van der Waals surface area contributed by atoms with Crippen LogP contribution >= 0.6 is 14.7 Å². The van der Waals surface area contributed by atoms with Gasteiger partial charge in [0.2, 0.25) is 14.7 Å². The third-order valence-corrected chi connectivity index (χ3v) is 15.5. The third kappa shape index (κ3) is 14.8. The Balaban J connectivity index is 0. The molecule has 0 amide bonds. The topological polar surface area (TPSA) is 74.6 Å². The fraction of sp³-hybridized carbons (Fsp3) is 1.00. The number of hydrogen-bond donors (Lipinski definition) is 2. The van der Waals surface area contributed by atoms with Gasteiger partial charge < -0.3 is 9.79 Å². The Morgan fingerprint density at radius 2 is 1.05 bits per heavy atom. The van der Waals surface area contributed by atoms with Gasteiger partial charge in [0, 0.05) is 22.6 Å². The van der Waals surface area contributed by atoms with Gasteiger partial charge in [-0.25, -0.2) is 0 Å². The van der Waals surface area contributed by atoms with E-state index in [9.17, 15) is 18.9 Å². The van der Waals surface area contributed by atoms with E-state index in [0.717, 1.165) is 70.6 Å². The molecule has 0 aliphatic heterocycles. The molecule has 0 heterocycles. The van der Waals surface area contributed by atoms with Crippen LogP contribution in [-0.4, -0.2) is 32.4 Å². The van der Waals surface area contributed by atoms with Crippen molar-refractivity contribution < 1.29 is 18.9 Å². The molecular weight excluding hydrogens is 510 g/mol. The van der Waals surface area contributed by atoms with Crippen LogP contribution in [0.3, 0.4) is 0 Å². The second-order valence-electron chi connectivity index (χ2n) is 14.0. The average Bonchev–Trinajstić information content (AvgIpc) is 2.81. The van der Waals surface area contributed by atoms with Gasteiger partial charge in [-0.05, 0) is 55.8 Å². The highest BCUT2D eigenvalue weighted by Crippen LogP contribution is 2.60. The summed E-state index contributed by atoms with van der Waals surface area (Å²) in [4.78, 5) is 21.2. The van der Waals surface area contributed by atoms with Gasteiger partial charge in [0.05, 0.1) is 0 Å². The minimum absolute atomic E-state index is 0.228. The number of hydrogen-bond acceptors (Lipinski definition) is 2. The Morgan fingerprint density at radius 1 is 0.658 bits per heavy atom. The van der Waals surface area contributed by atoms with E-state index in [0.29, 0.717) is 24.2 Å². The first-order chi connectivity index (χ1) is 17.3. The van der Waals surface area contributed by atoms with E-state index in [2.05, 4.69) is 62.3 Å². The first kappa shape index (κ1) is 40.5. The Bertz CT molecular complexity index is 702. The monoisotopic (exact) mass is 580 g/mol. The Kier molecular flexibility index (Phi) is 20.0. The van der Waals surface area contributed by atoms with Crippen molar-refractivity contribution >= 4 is 14.7 Å². The zero-order valence-corrected chi connectivity index (χ0v) is 29.7. The van der Waals surface area contributed by atoms with Gasteiger partial charge in [0.1, 0.15) is 0 Å². The normalized spacial score (nSPS) is 20.2. The summed E-state index contributed by atoms with van der Waals surface area (Å²) in [5, 5.41) is -0.766. The fourth-order valence-corrected chi connectivity index (χ4v) is 10.6. The van der Waals surface area contributed by atoms with Gasteiger partial charge in [-0.3, -0.25) is 9.13 Å². The SMILES string of the molecule is CCCCC(C)(CC)P(=O)(O)CC(C)CC(C)(C)C.CCCCC(CC)CP(=O)(O)C(C)(CC)CCCC. The molecule has 6 heteroatoms. The second-order valence-corrected chi connectivity index (χ2v) is 19.7. The summed E-state index contributed by atoms with van der Waals surface area (Å²) in [6.45, 7) is 25.5. The van der Waals surface area contributed by atoms with Crippen molar-refractivity contribution in [1.82, 2.24) is 0 Å². The van der Waals surface area contributed by atoms with Gasteiger partial charge in [-0.2, -0.15) is 0 Å². The van der Waals surface area contributed by atoms with Crippen molar-refractivity contribution in [3.8, 4) is 0 Å². The third-order valence-electron chi connectivity index (χ3n) is 8.92. The minimum atomic E-state index is -3.09. The number of unbranched alkanes of at least 4 members (excludes halogenated alkanes) is 3. The van der Waals surface area contributed by atoms with Crippen LogP contribution in [0.1, 0.15) is 167 Å². The molecule has 0 spiro atoms. The van der Waals surface area contributed by atoms with Crippen molar-refractivity contribution in [2.24, 2.45) is 17.3 Å². The molecule has 0 aromatic carbocycles. The molecule has 0 aliphatic rings. The molecule has 6 unspecified atom stereocenters. The van der Waals surface area contributed by atoms with E-state index in [1.54, 1.807) is 0 Å². The van der Waals surface area contributed by atoms with Crippen LogP contribution in [0.4, 0.5) is 0 Å². The predicted octanol–water partition coefficient (Wildman–Crippen LogP) is 11.5. The van der Waals surface area contributed by atoms with Crippen LogP contribution in [0, 0.1) is 17.3 Å². The maximum Gasteiger partial charge on any atom is 0.206 e. The van der Waals surface area contributed by atoms with Gasteiger partial charge >= 0.3 is 0 Å². The molecule has 2 N–H and O–H groups in total. The largest absolute Gasteiger partial charge is 0.344 e. The summed E-state index contributed by atoms with van der Waals surface area (Å²) >= 11 is 0. The first-order valence-corrected chi connectivity index (χ1v) is 19.7. The van der Waals surface area contributed by atoms with E-state index < -0.39 is 19.9 Å². The standard InChI is InChI=1S/2C16H35O2P/c1-8-10-11-16(7,9-2)19(17,18)13-14(3)12-15(4,5)6;1-6-10-12-15(8-3)14-19(17,18)16(5,9-4)13-11-7-2/h14H,8-13H2,1-7H3,(H,17,18);15H,6-14H2,1-5H3,(H,17,18). The van der Waals surface area contributed by atoms with Crippen molar-refractivity contribution in [3.05, 3.63) is 0 Å². The summed E-state index contributed by atoms with van der Waals surface area (Å²) in [6, 6.07) is 0. The Labute approximate surface area is 239 Å². The van der Waals surface area contributed by atoms with E-state index >= 15 is 0 Å². The van der Waals surface area contributed by atoms with Gasteiger partial charge in [-0.15, -0.1) is 0 Å². The fourth-order valence-electron chi connectivity index (χ4n) is 5.55. The molecule has 4 nitrogen and oxygen atoms in total. The molecule has 232 valence electrons. The summed E-state index contributed by atoms with van der Waals surface area (Å²) in [6.07, 6.45) is 14.1. The zero-order valence-electron chi connectivity index (χ0n) is 27.9. The second kappa shape index (κ2) is 18.7. The molecule has 6 atom stereocenters. The molecule has 0 aromatic rings. The molecule has 0 aromatic heterocycles. The maximum absolute atomic E-state index is 12.9. The Hall–Kier alpha value is 0.380. The van der Waals surface area contributed by atoms with Crippen molar-refractivity contribution in [1.29, 1.82) is 0 Å². The highest BCUT2D eigenvalue weighted by molar-refractivity contribution is 7.60. The minimum Gasteiger partial charge on any atom is -0.344 e. The van der Waals surface area contributed by atoms with Crippen LogP contribution < -0.4 is 0 Å². The average molecular weight is 581 g/mol. The summed E-state index contributed by atoms with van der Waals surface area (Å²) < 4.78 is 25.7. The van der Waals surface area contributed by atoms with Crippen LogP contribution in [0.5, 0.6) is 0 Å². The van der Waals surface area contributed by atoms with Crippen LogP contribution in [0.15, 0.2) is 0 Å². The predicted molar refractivity (Wildman–Crippen MR) is 172 cm³/mol.